The van der Waals surface area contributed by atoms with Gasteiger partial charge in [-0.1, -0.05) is 44.4 Å². The van der Waals surface area contributed by atoms with E-state index in [0.717, 1.165) is 19.5 Å². The highest BCUT2D eigenvalue weighted by Gasteiger charge is 2.31. The van der Waals surface area contributed by atoms with Crippen molar-refractivity contribution in [1.29, 1.82) is 0 Å². The van der Waals surface area contributed by atoms with Crippen molar-refractivity contribution in [2.75, 3.05) is 13.1 Å². The lowest BCUT2D eigenvalue weighted by Crippen LogP contribution is -2.31. The SMILES string of the molecule is CCc1cccc2c([C@@H](CC(=O)N3CCCC3)C3CCCCC3)c[nH]c12. The summed E-state index contributed by atoms with van der Waals surface area (Å²) in [5, 5.41) is 1.34. The van der Waals surface area contributed by atoms with Crippen LogP contribution in [0.25, 0.3) is 10.9 Å². The van der Waals surface area contributed by atoms with Crippen molar-refractivity contribution in [3.63, 3.8) is 0 Å². The molecule has 140 valence electrons. The van der Waals surface area contributed by atoms with Gasteiger partial charge in [-0.25, -0.2) is 0 Å². The first-order valence-electron chi connectivity index (χ1n) is 10.6. The third kappa shape index (κ3) is 3.41. The second-order valence-electron chi connectivity index (χ2n) is 8.23. The van der Waals surface area contributed by atoms with E-state index < -0.39 is 0 Å². The van der Waals surface area contributed by atoms with Crippen LogP contribution in [-0.2, 0) is 11.2 Å². The average molecular weight is 353 g/mol. The number of aryl methyl sites for hydroxylation is 1. The summed E-state index contributed by atoms with van der Waals surface area (Å²) in [5.74, 6) is 1.39. The van der Waals surface area contributed by atoms with Crippen LogP contribution < -0.4 is 0 Å². The Bertz CT molecular complexity index is 751. The van der Waals surface area contributed by atoms with Gasteiger partial charge >= 0.3 is 0 Å². The average Bonchev–Trinajstić information content (AvgIpc) is 3.36. The molecule has 1 aromatic carbocycles. The molecule has 0 spiro atoms. The summed E-state index contributed by atoms with van der Waals surface area (Å²) in [6.45, 7) is 4.14. The quantitative estimate of drug-likeness (QED) is 0.767. The van der Waals surface area contributed by atoms with Gasteiger partial charge in [0.05, 0.1) is 0 Å². The molecular weight excluding hydrogens is 320 g/mol. The topological polar surface area (TPSA) is 36.1 Å². The van der Waals surface area contributed by atoms with Gasteiger partial charge in [-0.3, -0.25) is 4.79 Å². The molecular formula is C23H32N2O. The summed E-state index contributed by atoms with van der Waals surface area (Å²) in [4.78, 5) is 18.6. The maximum absolute atomic E-state index is 13.0. The molecule has 4 rings (SSSR count). The Morgan fingerprint density at radius 2 is 1.92 bits per heavy atom. The number of H-pyrrole nitrogens is 1. The maximum Gasteiger partial charge on any atom is 0.223 e. The number of fused-ring (bicyclic) bond motifs is 1. The fourth-order valence-corrected chi connectivity index (χ4v) is 5.19. The molecule has 3 heteroatoms. The lowest BCUT2D eigenvalue weighted by atomic mass is 9.75. The van der Waals surface area contributed by atoms with Crippen LogP contribution in [-0.4, -0.2) is 28.9 Å². The predicted octanol–water partition coefficient (Wildman–Crippen LogP) is 5.41. The van der Waals surface area contributed by atoms with Crippen LogP contribution in [0.2, 0.25) is 0 Å². The van der Waals surface area contributed by atoms with Gasteiger partial charge in [-0.05, 0) is 55.1 Å². The van der Waals surface area contributed by atoms with Crippen molar-refractivity contribution in [3.8, 4) is 0 Å². The molecule has 1 saturated heterocycles. The fraction of sp³-hybridized carbons (Fsp3) is 0.609. The first-order valence-corrected chi connectivity index (χ1v) is 10.6. The zero-order valence-electron chi connectivity index (χ0n) is 16.1. The van der Waals surface area contributed by atoms with Crippen LogP contribution in [0.5, 0.6) is 0 Å². The van der Waals surface area contributed by atoms with E-state index in [1.165, 1.54) is 67.0 Å². The molecule has 2 aromatic rings. The van der Waals surface area contributed by atoms with E-state index in [4.69, 9.17) is 0 Å². The molecule has 1 aliphatic heterocycles. The highest BCUT2D eigenvalue weighted by atomic mass is 16.2. The lowest BCUT2D eigenvalue weighted by molar-refractivity contribution is -0.130. The van der Waals surface area contributed by atoms with Crippen molar-refractivity contribution < 1.29 is 4.79 Å². The van der Waals surface area contributed by atoms with E-state index in [1.807, 2.05) is 0 Å². The van der Waals surface area contributed by atoms with Crippen LogP contribution >= 0.6 is 0 Å². The summed E-state index contributed by atoms with van der Waals surface area (Å²) in [5.41, 5.74) is 4.04. The van der Waals surface area contributed by atoms with Crippen molar-refractivity contribution in [1.82, 2.24) is 9.88 Å². The number of para-hydroxylation sites is 1. The van der Waals surface area contributed by atoms with Gasteiger partial charge in [-0.15, -0.1) is 0 Å². The minimum absolute atomic E-state index is 0.365. The molecule has 0 radical (unpaired) electrons. The van der Waals surface area contributed by atoms with Gasteiger partial charge in [-0.2, -0.15) is 0 Å². The molecule has 2 aliphatic rings. The second kappa shape index (κ2) is 7.85. The van der Waals surface area contributed by atoms with Crippen LogP contribution in [0.4, 0.5) is 0 Å². The van der Waals surface area contributed by atoms with E-state index in [0.29, 0.717) is 24.2 Å². The maximum atomic E-state index is 13.0. The molecule has 1 aliphatic carbocycles. The highest BCUT2D eigenvalue weighted by Crippen LogP contribution is 2.41. The van der Waals surface area contributed by atoms with Gasteiger partial charge in [0, 0.05) is 36.6 Å². The molecule has 0 bridgehead atoms. The minimum Gasteiger partial charge on any atom is -0.361 e. The molecule has 2 heterocycles. The first-order chi connectivity index (χ1) is 12.8. The molecule has 1 saturated carbocycles. The lowest BCUT2D eigenvalue weighted by Gasteiger charge is -2.31. The summed E-state index contributed by atoms with van der Waals surface area (Å²) < 4.78 is 0. The summed E-state index contributed by atoms with van der Waals surface area (Å²) in [6, 6.07) is 6.64. The van der Waals surface area contributed by atoms with Crippen LogP contribution in [0.1, 0.15) is 75.3 Å². The molecule has 2 fully saturated rings. The summed E-state index contributed by atoms with van der Waals surface area (Å²) in [7, 11) is 0. The number of carbonyl (C=O) groups is 1. The molecule has 3 nitrogen and oxygen atoms in total. The number of benzene rings is 1. The van der Waals surface area contributed by atoms with Gasteiger partial charge in [0.2, 0.25) is 5.91 Å². The van der Waals surface area contributed by atoms with E-state index in [9.17, 15) is 4.79 Å². The van der Waals surface area contributed by atoms with E-state index in [2.05, 4.69) is 41.2 Å². The van der Waals surface area contributed by atoms with Crippen molar-refractivity contribution in [2.45, 2.75) is 70.6 Å². The Morgan fingerprint density at radius 3 is 2.65 bits per heavy atom. The number of hydrogen-bond donors (Lipinski definition) is 1. The van der Waals surface area contributed by atoms with Crippen LogP contribution in [0.3, 0.4) is 0 Å². The normalized spacial score (nSPS) is 20.0. The Balaban J connectivity index is 1.67. The first kappa shape index (κ1) is 17.6. The predicted molar refractivity (Wildman–Crippen MR) is 107 cm³/mol. The van der Waals surface area contributed by atoms with Crippen LogP contribution in [0, 0.1) is 5.92 Å². The Labute approximate surface area is 157 Å². The largest absolute Gasteiger partial charge is 0.361 e. The number of amides is 1. The van der Waals surface area contributed by atoms with Gasteiger partial charge in [0.1, 0.15) is 0 Å². The number of aromatic amines is 1. The van der Waals surface area contributed by atoms with Gasteiger partial charge in [0.25, 0.3) is 0 Å². The molecule has 26 heavy (non-hydrogen) atoms. The molecule has 1 atom stereocenters. The smallest absolute Gasteiger partial charge is 0.223 e. The number of nitrogens with zero attached hydrogens (tertiary/aromatic N) is 1. The Kier molecular flexibility index (Phi) is 5.33. The third-order valence-corrected chi connectivity index (χ3v) is 6.69. The van der Waals surface area contributed by atoms with Crippen molar-refractivity contribution in [3.05, 3.63) is 35.5 Å². The van der Waals surface area contributed by atoms with E-state index in [-0.39, 0.29) is 0 Å². The zero-order valence-corrected chi connectivity index (χ0v) is 16.1. The summed E-state index contributed by atoms with van der Waals surface area (Å²) >= 11 is 0. The van der Waals surface area contributed by atoms with E-state index in [1.54, 1.807) is 0 Å². The number of aromatic nitrogens is 1. The fourth-order valence-electron chi connectivity index (χ4n) is 5.19. The third-order valence-electron chi connectivity index (χ3n) is 6.69. The Hall–Kier alpha value is -1.77. The molecule has 1 aromatic heterocycles. The molecule has 0 unspecified atom stereocenters. The molecule has 1 N–H and O–H groups in total. The van der Waals surface area contributed by atoms with E-state index >= 15 is 0 Å². The molecule has 1 amide bonds. The monoisotopic (exact) mass is 352 g/mol. The van der Waals surface area contributed by atoms with Gasteiger partial charge < -0.3 is 9.88 Å². The minimum atomic E-state index is 0.365. The Morgan fingerprint density at radius 1 is 1.15 bits per heavy atom. The van der Waals surface area contributed by atoms with Crippen molar-refractivity contribution >= 4 is 16.8 Å². The van der Waals surface area contributed by atoms with Crippen LogP contribution in [0.15, 0.2) is 24.4 Å². The zero-order chi connectivity index (χ0) is 17.9. The highest BCUT2D eigenvalue weighted by molar-refractivity contribution is 5.87. The number of rotatable bonds is 5. The van der Waals surface area contributed by atoms with Crippen molar-refractivity contribution in [2.24, 2.45) is 5.92 Å². The number of hydrogen-bond acceptors (Lipinski definition) is 1. The standard InChI is InChI=1S/C23H32N2O/c1-2-17-11-8-12-19-21(16-24-23(17)19)20(18-9-4-3-5-10-18)15-22(26)25-13-6-7-14-25/h8,11-12,16,18,20,24H,2-7,9-10,13-15H2,1H3/t20-/m0/s1. The second-order valence-corrected chi connectivity index (χ2v) is 8.23. The van der Waals surface area contributed by atoms with Gasteiger partial charge in [0.15, 0.2) is 0 Å². The summed E-state index contributed by atoms with van der Waals surface area (Å²) in [6.07, 6.45) is 12.8. The number of nitrogens with one attached hydrogen (secondary N) is 1. The number of carbonyl (C=O) groups excluding carboxylic acids is 1. The number of likely N-dealkylation sites (tertiary alicyclic amines) is 1.